The Morgan fingerprint density at radius 3 is 2.11 bits per heavy atom. The number of hydrogen-bond acceptors (Lipinski definition) is 4. The van der Waals surface area contributed by atoms with E-state index >= 15 is 0 Å². The lowest BCUT2D eigenvalue weighted by molar-refractivity contribution is 0.0340. The third-order valence-electron chi connectivity index (χ3n) is 5.39. The van der Waals surface area contributed by atoms with E-state index in [-0.39, 0.29) is 0 Å². The minimum Gasteiger partial charge on any atom is -0.384 e. The number of azide groups is 1. The van der Waals surface area contributed by atoms with Crippen LogP contribution in [-0.2, 0) is 24.0 Å². The lowest BCUT2D eigenvalue weighted by Crippen LogP contribution is -2.28. The van der Waals surface area contributed by atoms with E-state index in [0.717, 1.165) is 61.0 Å². The molecule has 0 spiro atoms. The smallest absolute Gasteiger partial charge is 0.129 e. The van der Waals surface area contributed by atoms with Crippen molar-refractivity contribution in [2.24, 2.45) is 5.11 Å². The van der Waals surface area contributed by atoms with E-state index < -0.39 is 11.1 Å². The van der Waals surface area contributed by atoms with Gasteiger partial charge in [-0.15, -0.1) is 0 Å². The molecule has 28 heavy (non-hydrogen) atoms. The molecule has 0 amide bonds. The highest BCUT2D eigenvalue weighted by molar-refractivity contribution is 6.29. The number of aromatic nitrogens is 2. The van der Waals surface area contributed by atoms with Crippen molar-refractivity contribution < 1.29 is 5.11 Å². The summed E-state index contributed by atoms with van der Waals surface area (Å²) in [7, 11) is 0. The molecule has 148 valence electrons. The van der Waals surface area contributed by atoms with Gasteiger partial charge in [-0.3, -0.25) is 0 Å². The van der Waals surface area contributed by atoms with Gasteiger partial charge < -0.3 is 5.11 Å². The van der Waals surface area contributed by atoms with E-state index in [4.69, 9.17) is 28.7 Å². The lowest BCUT2D eigenvalue weighted by atomic mass is 9.82. The van der Waals surface area contributed by atoms with Crippen LogP contribution in [0.15, 0.2) is 29.4 Å². The highest BCUT2D eigenvalue weighted by atomic mass is 35.5. The Morgan fingerprint density at radius 1 is 0.964 bits per heavy atom. The summed E-state index contributed by atoms with van der Waals surface area (Å²) in [5.74, 6) is 0. The normalized spacial score (nSPS) is 25.5. The van der Waals surface area contributed by atoms with Gasteiger partial charge >= 0.3 is 0 Å². The van der Waals surface area contributed by atoms with E-state index in [1.165, 1.54) is 0 Å². The topological polar surface area (TPSA) is 94.8 Å². The molecule has 4 rings (SSSR count). The minimum absolute atomic E-state index is 0.454. The van der Waals surface area contributed by atoms with E-state index in [1.54, 1.807) is 19.1 Å². The second-order valence-electron chi connectivity index (χ2n) is 7.73. The van der Waals surface area contributed by atoms with Crippen molar-refractivity contribution in [1.82, 2.24) is 9.97 Å². The summed E-state index contributed by atoms with van der Waals surface area (Å²) < 4.78 is 0. The van der Waals surface area contributed by atoms with E-state index in [1.807, 2.05) is 19.1 Å². The van der Waals surface area contributed by atoms with Crippen molar-refractivity contribution in [2.45, 2.75) is 63.5 Å². The lowest BCUT2D eigenvalue weighted by Gasteiger charge is -2.30. The molecule has 0 aliphatic heterocycles. The van der Waals surface area contributed by atoms with Crippen LogP contribution in [0.5, 0.6) is 0 Å². The maximum absolute atomic E-state index is 10.0. The molecule has 6 nitrogen and oxygen atoms in total. The maximum Gasteiger partial charge on any atom is 0.129 e. The average Bonchev–Trinajstić information content (AvgIpc) is 2.64. The Morgan fingerprint density at radius 2 is 1.50 bits per heavy atom. The summed E-state index contributed by atoms with van der Waals surface area (Å²) in [5.41, 5.74) is 11.1. The van der Waals surface area contributed by atoms with Crippen LogP contribution >= 0.6 is 23.2 Å². The van der Waals surface area contributed by atoms with Gasteiger partial charge in [0, 0.05) is 4.91 Å². The number of aryl methyl sites for hydroxylation is 2. The minimum atomic E-state index is -0.793. The number of pyridine rings is 2. The van der Waals surface area contributed by atoms with E-state index in [2.05, 4.69) is 20.0 Å². The van der Waals surface area contributed by atoms with Crippen molar-refractivity contribution in [3.8, 4) is 0 Å². The molecule has 2 aromatic heterocycles. The van der Waals surface area contributed by atoms with Crippen LogP contribution in [0.25, 0.3) is 10.4 Å². The van der Waals surface area contributed by atoms with Crippen molar-refractivity contribution in [1.29, 1.82) is 0 Å². The molecule has 0 radical (unpaired) electrons. The molecule has 0 saturated heterocycles. The number of halogens is 2. The first-order valence-electron chi connectivity index (χ1n) is 9.36. The average molecular weight is 420 g/mol. The fraction of sp³-hybridized carbons (Fsp3) is 0.500. The van der Waals surface area contributed by atoms with Gasteiger partial charge in [0.25, 0.3) is 0 Å². The molecule has 1 N–H and O–H groups in total. The Kier molecular flexibility index (Phi) is 6.15. The van der Waals surface area contributed by atoms with Gasteiger partial charge in [-0.2, -0.15) is 0 Å². The monoisotopic (exact) mass is 419 g/mol. The molecule has 2 unspecified atom stereocenters. The van der Waals surface area contributed by atoms with Crippen molar-refractivity contribution in [3.63, 3.8) is 0 Å². The van der Waals surface area contributed by atoms with Gasteiger partial charge in [0.2, 0.25) is 0 Å². The number of nitrogens with zero attached hydrogens (tertiary/aromatic N) is 5. The molecule has 2 aliphatic carbocycles. The van der Waals surface area contributed by atoms with Gasteiger partial charge in [0.05, 0.1) is 16.9 Å². The predicted octanol–water partition coefficient (Wildman–Crippen LogP) is 5.88. The van der Waals surface area contributed by atoms with E-state index in [0.29, 0.717) is 10.3 Å². The Bertz CT molecular complexity index is 927. The highest BCUT2D eigenvalue weighted by Crippen LogP contribution is 2.37. The molecule has 0 fully saturated rings. The largest absolute Gasteiger partial charge is 0.384 e. The first-order valence-corrected chi connectivity index (χ1v) is 10.1. The van der Waals surface area contributed by atoms with Gasteiger partial charge in [0.15, 0.2) is 0 Å². The second-order valence-corrected chi connectivity index (χ2v) is 8.50. The fourth-order valence-corrected chi connectivity index (χ4v) is 4.24. The molecule has 2 aliphatic rings. The zero-order valence-electron chi connectivity index (χ0n) is 16.0. The summed E-state index contributed by atoms with van der Waals surface area (Å²) in [6.45, 7) is 3.71. The number of fused-ring (bicyclic) bond motifs is 2. The van der Waals surface area contributed by atoms with Gasteiger partial charge in [-0.05, 0) is 81.2 Å². The van der Waals surface area contributed by atoms with Crippen LogP contribution in [0, 0.1) is 0 Å². The van der Waals surface area contributed by atoms with Crippen molar-refractivity contribution >= 4 is 23.2 Å². The van der Waals surface area contributed by atoms with Crippen molar-refractivity contribution in [2.75, 3.05) is 0 Å². The molecule has 8 heteroatoms. The SMILES string of the molecule is CC1(N=[N+]=[N-])CCCc2ccc(Cl)nc21.CC1(O)CCCc2ccc(Cl)nc21. The zero-order chi connectivity index (χ0) is 20.4. The summed E-state index contributed by atoms with van der Waals surface area (Å²) in [4.78, 5) is 11.4. The second kappa shape index (κ2) is 8.26. The molecule has 2 heterocycles. The Hall–Kier alpha value is -1.85. The van der Waals surface area contributed by atoms with Crippen molar-refractivity contribution in [3.05, 3.63) is 67.5 Å². The summed E-state index contributed by atoms with van der Waals surface area (Å²) in [6.07, 6.45) is 5.62. The molecule has 0 bridgehead atoms. The van der Waals surface area contributed by atoms with Gasteiger partial charge in [-0.25, -0.2) is 9.97 Å². The van der Waals surface area contributed by atoms with Crippen LogP contribution < -0.4 is 0 Å². The fourth-order valence-electron chi connectivity index (χ4n) is 3.94. The Balaban J connectivity index is 0.000000162. The summed E-state index contributed by atoms with van der Waals surface area (Å²) in [5, 5.41) is 14.8. The van der Waals surface area contributed by atoms with Crippen LogP contribution in [0.2, 0.25) is 10.3 Å². The molecular formula is C20H23Cl2N5O. The van der Waals surface area contributed by atoms with Crippen LogP contribution in [-0.4, -0.2) is 15.1 Å². The van der Waals surface area contributed by atoms with Gasteiger partial charge in [-0.1, -0.05) is 40.4 Å². The van der Waals surface area contributed by atoms with Gasteiger partial charge in [0.1, 0.15) is 15.9 Å². The number of rotatable bonds is 1. The number of aliphatic hydroxyl groups is 1. The molecule has 2 aromatic rings. The van der Waals surface area contributed by atoms with Crippen LogP contribution in [0.3, 0.4) is 0 Å². The maximum atomic E-state index is 10.0. The van der Waals surface area contributed by atoms with Crippen LogP contribution in [0.4, 0.5) is 0 Å². The molecular weight excluding hydrogens is 397 g/mol. The van der Waals surface area contributed by atoms with Crippen LogP contribution in [0.1, 0.15) is 62.0 Å². The molecule has 0 aromatic carbocycles. The zero-order valence-corrected chi connectivity index (χ0v) is 17.5. The quantitative estimate of drug-likeness (QED) is 0.270. The highest BCUT2D eigenvalue weighted by Gasteiger charge is 2.33. The molecule has 0 saturated carbocycles. The first-order chi connectivity index (χ1) is 13.2. The predicted molar refractivity (Wildman–Crippen MR) is 110 cm³/mol. The Labute approximate surface area is 174 Å². The number of hydrogen-bond donors (Lipinski definition) is 1. The van der Waals surface area contributed by atoms with E-state index in [9.17, 15) is 5.11 Å². The third kappa shape index (κ3) is 4.41. The molecule has 2 atom stereocenters. The standard InChI is InChI=1S/C10H11ClN4.C10H12ClNO/c1-10(14-15-12)6-2-3-7-4-5-8(11)13-9(7)10;1-10(13)6-2-3-7-4-5-8(11)12-9(7)10/h4-5H,2-3,6H2,1H3;4-5,13H,2-3,6H2,1H3. The summed E-state index contributed by atoms with van der Waals surface area (Å²) in [6, 6.07) is 7.48. The first kappa shape index (κ1) is 20.9. The third-order valence-corrected chi connectivity index (χ3v) is 5.82. The summed E-state index contributed by atoms with van der Waals surface area (Å²) >= 11 is 11.6.